The zero-order chi connectivity index (χ0) is 14.6. The first-order chi connectivity index (χ1) is 9.51. The fraction of sp³-hybridized carbons (Fsp3) is 0.571. The van der Waals surface area contributed by atoms with E-state index in [9.17, 15) is 8.42 Å². The molecule has 1 atom stereocenters. The van der Waals surface area contributed by atoms with Gasteiger partial charge in [-0.2, -0.15) is 0 Å². The predicted molar refractivity (Wildman–Crippen MR) is 78.4 cm³/mol. The van der Waals surface area contributed by atoms with Crippen LogP contribution >= 0.6 is 0 Å². The molecule has 1 aliphatic heterocycles. The normalized spacial score (nSPS) is 20.2. The number of nitrogens with zero attached hydrogens (tertiary/aromatic N) is 1. The van der Waals surface area contributed by atoms with Gasteiger partial charge in [0.2, 0.25) is 10.0 Å². The number of hydrogen-bond acceptors (Lipinski definition) is 4. The topological polar surface area (TPSA) is 58.6 Å². The Morgan fingerprint density at radius 1 is 1.35 bits per heavy atom. The maximum Gasteiger partial charge on any atom is 0.240 e. The van der Waals surface area contributed by atoms with Crippen molar-refractivity contribution in [2.24, 2.45) is 5.92 Å². The summed E-state index contributed by atoms with van der Waals surface area (Å²) in [6.07, 6.45) is 1.04. The van der Waals surface area contributed by atoms with Crippen LogP contribution in [0.15, 0.2) is 29.2 Å². The van der Waals surface area contributed by atoms with E-state index in [1.54, 1.807) is 24.3 Å². The van der Waals surface area contributed by atoms with E-state index in [1.165, 1.54) is 0 Å². The second-order valence-corrected chi connectivity index (χ2v) is 6.94. The average molecular weight is 298 g/mol. The van der Waals surface area contributed by atoms with Gasteiger partial charge < -0.3 is 9.64 Å². The van der Waals surface area contributed by atoms with Gasteiger partial charge in [0.15, 0.2) is 0 Å². The predicted octanol–water partition coefficient (Wildman–Crippen LogP) is 1.32. The molecule has 5 nitrogen and oxygen atoms in total. The molecule has 1 aromatic rings. The van der Waals surface area contributed by atoms with Gasteiger partial charge in [0.05, 0.1) is 11.5 Å². The Hall–Kier alpha value is -1.11. The molecule has 1 aromatic carbocycles. The first-order valence-electron chi connectivity index (χ1n) is 6.92. The Kier molecular flexibility index (Phi) is 5.01. The number of nitrogens with one attached hydrogen (secondary N) is 1. The first-order valence-corrected chi connectivity index (χ1v) is 8.40. The molecule has 1 saturated heterocycles. The Balaban J connectivity index is 1.95. The van der Waals surface area contributed by atoms with E-state index in [1.807, 2.05) is 6.92 Å². The zero-order valence-corrected chi connectivity index (χ0v) is 12.8. The highest BCUT2D eigenvalue weighted by Crippen LogP contribution is 2.17. The highest BCUT2D eigenvalue weighted by Gasteiger charge is 2.22. The van der Waals surface area contributed by atoms with Crippen molar-refractivity contribution < 1.29 is 13.2 Å². The van der Waals surface area contributed by atoms with Crippen LogP contribution in [-0.4, -0.2) is 46.6 Å². The lowest BCUT2D eigenvalue weighted by Crippen LogP contribution is -2.30. The second kappa shape index (κ2) is 6.56. The zero-order valence-electron chi connectivity index (χ0n) is 12.0. The summed E-state index contributed by atoms with van der Waals surface area (Å²) in [4.78, 5) is 2.50. The van der Waals surface area contributed by atoms with Crippen molar-refractivity contribution in [1.82, 2.24) is 9.62 Å². The summed E-state index contributed by atoms with van der Waals surface area (Å²) >= 11 is 0. The van der Waals surface area contributed by atoms with Crippen molar-refractivity contribution in [3.05, 3.63) is 24.3 Å². The monoisotopic (exact) mass is 298 g/mol. The van der Waals surface area contributed by atoms with E-state index < -0.39 is 10.0 Å². The summed E-state index contributed by atoms with van der Waals surface area (Å²) in [6, 6.07) is 6.52. The second-order valence-electron chi connectivity index (χ2n) is 5.17. The standard InChI is InChI=1S/C14H22N2O3S/c1-3-19-13-4-6-14(7-5-13)20(17,18)15-10-12-8-9-16(2)11-12/h4-7,12,15H,3,8-11H2,1-2H3. The highest BCUT2D eigenvalue weighted by molar-refractivity contribution is 7.89. The van der Waals surface area contributed by atoms with Gasteiger partial charge in [0.25, 0.3) is 0 Å². The molecule has 1 aliphatic rings. The molecule has 1 heterocycles. The summed E-state index contributed by atoms with van der Waals surface area (Å²) in [5.41, 5.74) is 0. The number of ether oxygens (including phenoxy) is 1. The van der Waals surface area contributed by atoms with E-state index in [-0.39, 0.29) is 4.90 Å². The Morgan fingerprint density at radius 2 is 2.05 bits per heavy atom. The Morgan fingerprint density at radius 3 is 2.60 bits per heavy atom. The number of hydrogen-bond donors (Lipinski definition) is 1. The maximum atomic E-state index is 12.2. The lowest BCUT2D eigenvalue weighted by molar-refractivity contribution is 0.340. The number of benzene rings is 1. The van der Waals surface area contributed by atoms with Gasteiger partial charge in [-0.25, -0.2) is 13.1 Å². The minimum Gasteiger partial charge on any atom is -0.494 e. The number of sulfonamides is 1. The molecule has 6 heteroatoms. The van der Waals surface area contributed by atoms with Crippen LogP contribution in [0.5, 0.6) is 5.75 Å². The van der Waals surface area contributed by atoms with E-state index in [0.29, 0.717) is 24.8 Å². The van der Waals surface area contributed by atoms with Crippen molar-refractivity contribution in [3.63, 3.8) is 0 Å². The summed E-state index contributed by atoms with van der Waals surface area (Å²) in [6.45, 7) is 4.95. The van der Waals surface area contributed by atoms with Gasteiger partial charge in [0, 0.05) is 13.1 Å². The van der Waals surface area contributed by atoms with Crippen molar-refractivity contribution in [3.8, 4) is 5.75 Å². The largest absolute Gasteiger partial charge is 0.494 e. The van der Waals surface area contributed by atoms with Crippen LogP contribution in [0.4, 0.5) is 0 Å². The number of rotatable bonds is 6. The first kappa shape index (κ1) is 15.3. The molecule has 0 aromatic heterocycles. The van der Waals surface area contributed by atoms with E-state index in [4.69, 9.17) is 4.74 Å². The maximum absolute atomic E-state index is 12.2. The minimum absolute atomic E-state index is 0.285. The summed E-state index contributed by atoms with van der Waals surface area (Å²) in [5, 5.41) is 0. The summed E-state index contributed by atoms with van der Waals surface area (Å²) < 4.78 is 32.3. The third-order valence-corrected chi connectivity index (χ3v) is 4.94. The van der Waals surface area contributed by atoms with Crippen LogP contribution in [0.3, 0.4) is 0 Å². The van der Waals surface area contributed by atoms with Crippen LogP contribution in [0.1, 0.15) is 13.3 Å². The third-order valence-electron chi connectivity index (χ3n) is 3.50. The van der Waals surface area contributed by atoms with Crippen LogP contribution in [-0.2, 0) is 10.0 Å². The van der Waals surface area contributed by atoms with E-state index >= 15 is 0 Å². The van der Waals surface area contributed by atoms with Crippen molar-refractivity contribution >= 4 is 10.0 Å². The lowest BCUT2D eigenvalue weighted by atomic mass is 10.1. The third kappa shape index (κ3) is 3.94. The molecule has 20 heavy (non-hydrogen) atoms. The molecule has 1 fully saturated rings. The average Bonchev–Trinajstić information content (AvgIpc) is 2.84. The van der Waals surface area contributed by atoms with Gasteiger partial charge >= 0.3 is 0 Å². The fourth-order valence-corrected chi connectivity index (χ4v) is 3.50. The molecule has 1 N–H and O–H groups in total. The van der Waals surface area contributed by atoms with E-state index in [0.717, 1.165) is 19.5 Å². The van der Waals surface area contributed by atoms with Gasteiger partial charge in [0.1, 0.15) is 5.75 Å². The highest BCUT2D eigenvalue weighted by atomic mass is 32.2. The van der Waals surface area contributed by atoms with Crippen LogP contribution in [0, 0.1) is 5.92 Å². The molecule has 1 unspecified atom stereocenters. The van der Waals surface area contributed by atoms with Crippen LogP contribution < -0.4 is 9.46 Å². The molecular formula is C14H22N2O3S. The van der Waals surface area contributed by atoms with Gasteiger partial charge in [-0.15, -0.1) is 0 Å². The van der Waals surface area contributed by atoms with Gasteiger partial charge in [-0.3, -0.25) is 0 Å². The van der Waals surface area contributed by atoms with Crippen molar-refractivity contribution in [2.75, 3.05) is 33.3 Å². The van der Waals surface area contributed by atoms with Crippen molar-refractivity contribution in [1.29, 1.82) is 0 Å². The van der Waals surface area contributed by atoms with E-state index in [2.05, 4.69) is 16.7 Å². The summed E-state index contributed by atoms with van der Waals surface area (Å²) in [5.74, 6) is 1.08. The molecule has 2 rings (SSSR count). The number of likely N-dealkylation sites (tertiary alicyclic amines) is 1. The minimum atomic E-state index is -3.42. The van der Waals surface area contributed by atoms with Gasteiger partial charge in [-0.1, -0.05) is 0 Å². The molecule has 0 aliphatic carbocycles. The Labute approximate surface area is 121 Å². The quantitative estimate of drug-likeness (QED) is 0.860. The molecular weight excluding hydrogens is 276 g/mol. The Bertz CT molecular complexity index is 528. The van der Waals surface area contributed by atoms with Gasteiger partial charge in [-0.05, 0) is 57.1 Å². The molecule has 0 bridgehead atoms. The SMILES string of the molecule is CCOc1ccc(S(=O)(=O)NCC2CCN(C)C2)cc1. The molecule has 0 spiro atoms. The van der Waals surface area contributed by atoms with Crippen LogP contribution in [0.2, 0.25) is 0 Å². The molecule has 112 valence electrons. The van der Waals surface area contributed by atoms with Crippen molar-refractivity contribution in [2.45, 2.75) is 18.2 Å². The molecule has 0 radical (unpaired) electrons. The smallest absolute Gasteiger partial charge is 0.240 e. The molecule has 0 amide bonds. The summed E-state index contributed by atoms with van der Waals surface area (Å²) in [7, 11) is -1.36. The van der Waals surface area contributed by atoms with Crippen LogP contribution in [0.25, 0.3) is 0 Å². The lowest BCUT2D eigenvalue weighted by Gasteiger charge is -2.12. The fourth-order valence-electron chi connectivity index (χ4n) is 2.39. The molecule has 0 saturated carbocycles.